The minimum Gasteiger partial charge on any atom is -0.492 e. The second-order valence-corrected chi connectivity index (χ2v) is 9.34. The quantitative estimate of drug-likeness (QED) is 0.639. The zero-order valence-corrected chi connectivity index (χ0v) is 18.9. The van der Waals surface area contributed by atoms with Gasteiger partial charge in [-0.2, -0.15) is 0 Å². The first-order valence-corrected chi connectivity index (χ1v) is 11.5. The normalized spacial score (nSPS) is 12.3. The second kappa shape index (κ2) is 9.50. The van der Waals surface area contributed by atoms with Gasteiger partial charge in [-0.3, -0.25) is 9.10 Å². The molecule has 0 aromatic heterocycles. The van der Waals surface area contributed by atoms with Crippen LogP contribution in [0.1, 0.15) is 23.6 Å². The van der Waals surface area contributed by atoms with Crippen molar-refractivity contribution in [3.8, 4) is 5.75 Å². The maximum atomic E-state index is 12.6. The van der Waals surface area contributed by atoms with Gasteiger partial charge in [0.25, 0.3) is 0 Å². The van der Waals surface area contributed by atoms with Crippen molar-refractivity contribution in [1.82, 2.24) is 5.32 Å². The highest BCUT2D eigenvalue weighted by atomic mass is 35.5. The lowest BCUT2D eigenvalue weighted by Gasteiger charge is -2.29. The number of rotatable bonds is 8. The van der Waals surface area contributed by atoms with Gasteiger partial charge in [-0.25, -0.2) is 8.42 Å². The van der Waals surface area contributed by atoms with Gasteiger partial charge in [0.1, 0.15) is 18.4 Å². The first-order valence-electron chi connectivity index (χ1n) is 9.24. The molecule has 0 spiro atoms. The molecule has 29 heavy (non-hydrogen) atoms. The number of aryl methyl sites for hydroxylation is 3. The number of nitrogens with zero attached hydrogens (tertiary/aromatic N) is 1. The molecule has 1 unspecified atom stereocenters. The maximum Gasteiger partial charge on any atom is 0.243 e. The third-order valence-corrected chi connectivity index (χ3v) is 6.14. The summed E-state index contributed by atoms with van der Waals surface area (Å²) in [6.45, 7) is 7.64. The number of sulfonamides is 1. The molecule has 1 atom stereocenters. The molecular formula is C21H27ClN2O4S. The number of hydrogen-bond acceptors (Lipinski definition) is 4. The van der Waals surface area contributed by atoms with Crippen LogP contribution in [0.4, 0.5) is 5.69 Å². The Balaban J connectivity index is 2.04. The minimum absolute atomic E-state index is 0.235. The number of nitrogens with one attached hydrogen (secondary N) is 1. The first-order chi connectivity index (χ1) is 13.5. The van der Waals surface area contributed by atoms with E-state index in [9.17, 15) is 13.2 Å². The summed E-state index contributed by atoms with van der Waals surface area (Å²) in [6, 6.07) is 9.98. The predicted octanol–water partition coefficient (Wildman–Crippen LogP) is 3.61. The van der Waals surface area contributed by atoms with E-state index in [4.69, 9.17) is 16.3 Å². The van der Waals surface area contributed by atoms with Crippen molar-refractivity contribution in [3.63, 3.8) is 0 Å². The van der Waals surface area contributed by atoms with Gasteiger partial charge in [0, 0.05) is 5.02 Å². The molecule has 1 N–H and O–H groups in total. The molecule has 0 aliphatic heterocycles. The summed E-state index contributed by atoms with van der Waals surface area (Å²) in [5, 5.41) is 3.34. The number of carbonyl (C=O) groups excluding carboxylic acids is 1. The standard InChI is InChI=1S/C21H27ClN2O4S/c1-14-6-7-16(3)20(12-14)24(29(5,26)27)17(4)21(25)23-10-11-28-18-9-8-15(2)19(22)13-18/h6-9,12-13,17H,10-11H2,1-5H3,(H,23,25). The summed E-state index contributed by atoms with van der Waals surface area (Å²) < 4.78 is 31.6. The number of hydrogen-bond donors (Lipinski definition) is 1. The van der Waals surface area contributed by atoms with Gasteiger partial charge in [-0.15, -0.1) is 0 Å². The molecule has 0 bridgehead atoms. The summed E-state index contributed by atoms with van der Waals surface area (Å²) in [5.74, 6) is 0.206. The number of ether oxygens (including phenoxy) is 1. The van der Waals surface area contributed by atoms with Gasteiger partial charge in [-0.1, -0.05) is 29.8 Å². The monoisotopic (exact) mass is 438 g/mol. The average molecular weight is 439 g/mol. The molecule has 0 fully saturated rings. The number of halogens is 1. The van der Waals surface area contributed by atoms with Crippen LogP contribution in [-0.2, 0) is 14.8 Å². The lowest BCUT2D eigenvalue weighted by Crippen LogP contribution is -2.48. The molecule has 1 amide bonds. The molecule has 2 aromatic rings. The lowest BCUT2D eigenvalue weighted by atomic mass is 10.1. The van der Waals surface area contributed by atoms with Crippen LogP contribution in [0.2, 0.25) is 5.02 Å². The van der Waals surface area contributed by atoms with Crippen LogP contribution in [0.15, 0.2) is 36.4 Å². The molecule has 2 rings (SSSR count). The summed E-state index contributed by atoms with van der Waals surface area (Å²) in [6.07, 6.45) is 1.10. The van der Waals surface area contributed by atoms with Crippen LogP contribution in [0.5, 0.6) is 5.75 Å². The van der Waals surface area contributed by atoms with E-state index in [0.29, 0.717) is 16.5 Å². The van der Waals surface area contributed by atoms with E-state index in [1.807, 2.05) is 39.0 Å². The highest BCUT2D eigenvalue weighted by molar-refractivity contribution is 7.92. The summed E-state index contributed by atoms with van der Waals surface area (Å²) in [5.41, 5.74) is 3.14. The van der Waals surface area contributed by atoms with Crippen LogP contribution in [-0.4, -0.2) is 39.8 Å². The molecule has 6 nitrogen and oxygen atoms in total. The molecule has 0 heterocycles. The predicted molar refractivity (Wildman–Crippen MR) is 117 cm³/mol. The third kappa shape index (κ3) is 6.11. The van der Waals surface area contributed by atoms with Crippen LogP contribution < -0.4 is 14.4 Å². The van der Waals surface area contributed by atoms with Crippen molar-refractivity contribution in [2.24, 2.45) is 0 Å². The topological polar surface area (TPSA) is 75.7 Å². The van der Waals surface area contributed by atoms with Crippen LogP contribution in [0.25, 0.3) is 0 Å². The molecule has 0 aliphatic carbocycles. The highest BCUT2D eigenvalue weighted by Crippen LogP contribution is 2.26. The van der Waals surface area contributed by atoms with E-state index in [0.717, 1.165) is 27.3 Å². The molecule has 158 valence electrons. The number of amides is 1. The van der Waals surface area contributed by atoms with Gasteiger partial charge in [0.15, 0.2) is 0 Å². The van der Waals surface area contributed by atoms with Crippen LogP contribution in [0.3, 0.4) is 0 Å². The Bertz CT molecular complexity index is 992. The molecule has 2 aromatic carbocycles. The molecule has 8 heteroatoms. The molecule has 0 saturated heterocycles. The Morgan fingerprint density at radius 2 is 1.79 bits per heavy atom. The van der Waals surface area contributed by atoms with Gasteiger partial charge < -0.3 is 10.1 Å². The molecule has 0 aliphatic rings. The Labute approximate surface area is 177 Å². The fourth-order valence-corrected chi connectivity index (χ4v) is 4.29. The average Bonchev–Trinajstić information content (AvgIpc) is 2.63. The Morgan fingerprint density at radius 1 is 1.14 bits per heavy atom. The van der Waals surface area contributed by atoms with Crippen molar-refractivity contribution in [2.75, 3.05) is 23.7 Å². The number of carbonyl (C=O) groups is 1. The van der Waals surface area contributed by atoms with E-state index in [2.05, 4.69) is 5.32 Å². The Hall–Kier alpha value is -2.25. The molecule has 0 saturated carbocycles. The van der Waals surface area contributed by atoms with E-state index < -0.39 is 22.0 Å². The van der Waals surface area contributed by atoms with Crippen LogP contribution in [0, 0.1) is 20.8 Å². The van der Waals surface area contributed by atoms with E-state index >= 15 is 0 Å². The summed E-state index contributed by atoms with van der Waals surface area (Å²) in [4.78, 5) is 12.6. The Kier molecular flexibility index (Phi) is 7.54. The van der Waals surface area contributed by atoms with Crippen molar-refractivity contribution < 1.29 is 17.9 Å². The Morgan fingerprint density at radius 3 is 2.41 bits per heavy atom. The van der Waals surface area contributed by atoms with E-state index in [-0.39, 0.29) is 13.2 Å². The smallest absolute Gasteiger partial charge is 0.243 e. The molecule has 0 radical (unpaired) electrons. The first kappa shape index (κ1) is 23.0. The lowest BCUT2D eigenvalue weighted by molar-refractivity contribution is -0.121. The summed E-state index contributed by atoms with van der Waals surface area (Å²) in [7, 11) is -3.66. The minimum atomic E-state index is -3.66. The zero-order chi connectivity index (χ0) is 21.8. The third-order valence-electron chi connectivity index (χ3n) is 4.50. The van der Waals surface area contributed by atoms with Crippen molar-refractivity contribution in [1.29, 1.82) is 0 Å². The highest BCUT2D eigenvalue weighted by Gasteiger charge is 2.30. The molecular weight excluding hydrogens is 412 g/mol. The second-order valence-electron chi connectivity index (χ2n) is 7.08. The van der Waals surface area contributed by atoms with Crippen molar-refractivity contribution >= 4 is 33.2 Å². The zero-order valence-electron chi connectivity index (χ0n) is 17.3. The van der Waals surface area contributed by atoms with Crippen molar-refractivity contribution in [3.05, 3.63) is 58.1 Å². The fourth-order valence-electron chi connectivity index (χ4n) is 2.89. The van der Waals surface area contributed by atoms with Gasteiger partial charge in [0.2, 0.25) is 15.9 Å². The maximum absolute atomic E-state index is 12.6. The summed E-state index contributed by atoms with van der Waals surface area (Å²) >= 11 is 6.07. The number of benzene rings is 2. The van der Waals surface area contributed by atoms with E-state index in [1.165, 1.54) is 0 Å². The SMILES string of the molecule is Cc1ccc(C)c(N(C(C)C(=O)NCCOc2ccc(C)c(Cl)c2)S(C)(=O)=O)c1. The van der Waals surface area contributed by atoms with Crippen LogP contribution >= 0.6 is 11.6 Å². The largest absolute Gasteiger partial charge is 0.492 e. The number of anilines is 1. The van der Waals surface area contributed by atoms with Crippen molar-refractivity contribution in [2.45, 2.75) is 33.7 Å². The van der Waals surface area contributed by atoms with Gasteiger partial charge in [0.05, 0.1) is 18.5 Å². The van der Waals surface area contributed by atoms with E-state index in [1.54, 1.807) is 25.1 Å². The fraction of sp³-hybridized carbons (Fsp3) is 0.381. The van der Waals surface area contributed by atoms with Gasteiger partial charge in [-0.05, 0) is 62.6 Å². The van der Waals surface area contributed by atoms with Gasteiger partial charge >= 0.3 is 0 Å².